The van der Waals surface area contributed by atoms with Crippen LogP contribution in [0.15, 0.2) is 66.7 Å². The number of nitrogens with zero attached hydrogens (tertiary/aromatic N) is 2. The minimum Gasteiger partial charge on any atom is -0.497 e. The number of para-hydroxylation sites is 2. The van der Waals surface area contributed by atoms with E-state index in [1.807, 2.05) is 66.7 Å². The predicted octanol–water partition coefficient (Wildman–Crippen LogP) is 5.28. The van der Waals surface area contributed by atoms with Gasteiger partial charge in [0, 0.05) is 6.54 Å². The van der Waals surface area contributed by atoms with E-state index >= 15 is 0 Å². The molecule has 0 saturated carbocycles. The molecule has 0 unspecified atom stereocenters. The van der Waals surface area contributed by atoms with Crippen LogP contribution in [0.4, 0.5) is 0 Å². The summed E-state index contributed by atoms with van der Waals surface area (Å²) < 4.78 is 18.3. The van der Waals surface area contributed by atoms with Gasteiger partial charge in [0.2, 0.25) is 0 Å². The van der Waals surface area contributed by atoms with Crippen LogP contribution in [0.1, 0.15) is 17.0 Å². The van der Waals surface area contributed by atoms with Crippen LogP contribution in [-0.2, 0) is 6.54 Å². The number of aromatic nitrogens is 2. The van der Waals surface area contributed by atoms with Crippen LogP contribution in [0.2, 0.25) is 0 Å². The van der Waals surface area contributed by atoms with Crippen molar-refractivity contribution in [2.45, 2.75) is 6.54 Å². The summed E-state index contributed by atoms with van der Waals surface area (Å²) in [5, 5.41) is 0. The topological polar surface area (TPSA) is 45.5 Å². The van der Waals surface area contributed by atoms with Gasteiger partial charge < -0.3 is 18.8 Å². The molecule has 0 N–H and O–H groups in total. The van der Waals surface area contributed by atoms with Gasteiger partial charge in [0.15, 0.2) is 11.5 Å². The summed E-state index contributed by atoms with van der Waals surface area (Å²) in [6.45, 7) is 0.670. The van der Waals surface area contributed by atoms with E-state index in [0.717, 1.165) is 45.2 Å². The van der Waals surface area contributed by atoms with Gasteiger partial charge in [-0.25, -0.2) is 4.98 Å². The molecule has 5 heteroatoms. The van der Waals surface area contributed by atoms with Gasteiger partial charge in [-0.1, -0.05) is 36.4 Å². The summed E-state index contributed by atoms with van der Waals surface area (Å²) in [6.07, 6.45) is 4.11. The van der Waals surface area contributed by atoms with Crippen molar-refractivity contribution in [2.24, 2.45) is 0 Å². The van der Waals surface area contributed by atoms with E-state index in [2.05, 4.69) is 16.7 Å². The number of rotatable bonds is 7. The van der Waals surface area contributed by atoms with Gasteiger partial charge in [-0.15, -0.1) is 0 Å². The predicted molar refractivity (Wildman–Crippen MR) is 120 cm³/mol. The highest BCUT2D eigenvalue weighted by Gasteiger charge is 2.11. The van der Waals surface area contributed by atoms with Gasteiger partial charge in [0.1, 0.15) is 11.6 Å². The van der Waals surface area contributed by atoms with Crippen LogP contribution in [0.5, 0.6) is 17.2 Å². The van der Waals surface area contributed by atoms with E-state index in [0.29, 0.717) is 6.54 Å². The van der Waals surface area contributed by atoms with Crippen molar-refractivity contribution < 1.29 is 14.2 Å². The zero-order chi connectivity index (χ0) is 20.9. The van der Waals surface area contributed by atoms with Crippen LogP contribution in [0, 0.1) is 0 Å². The average molecular weight is 400 g/mol. The highest BCUT2D eigenvalue weighted by Crippen LogP contribution is 2.29. The Kier molecular flexibility index (Phi) is 5.70. The molecule has 0 saturated heterocycles. The van der Waals surface area contributed by atoms with Gasteiger partial charge in [-0.2, -0.15) is 0 Å². The molecular formula is C25H24N2O3. The van der Waals surface area contributed by atoms with E-state index in [9.17, 15) is 0 Å². The molecule has 1 heterocycles. The molecule has 4 rings (SSSR count). The number of imidazole rings is 1. The maximum Gasteiger partial charge on any atom is 0.161 e. The fourth-order valence-electron chi connectivity index (χ4n) is 3.43. The number of hydrogen-bond donors (Lipinski definition) is 0. The van der Waals surface area contributed by atoms with Crippen molar-refractivity contribution in [1.82, 2.24) is 9.55 Å². The second-order valence-electron chi connectivity index (χ2n) is 6.84. The third-order valence-electron chi connectivity index (χ3n) is 5.01. The summed E-state index contributed by atoms with van der Waals surface area (Å²) in [7, 11) is 4.96. The molecule has 0 aliphatic rings. The van der Waals surface area contributed by atoms with Crippen molar-refractivity contribution in [3.05, 3.63) is 83.7 Å². The van der Waals surface area contributed by atoms with Crippen LogP contribution in [0.25, 0.3) is 23.2 Å². The lowest BCUT2D eigenvalue weighted by atomic mass is 10.2. The molecule has 0 fully saturated rings. The molecule has 0 aliphatic carbocycles. The second kappa shape index (κ2) is 8.74. The minimum absolute atomic E-state index is 0.670. The number of fused-ring (bicyclic) bond motifs is 1. The van der Waals surface area contributed by atoms with Gasteiger partial charge in [0.25, 0.3) is 0 Å². The Morgan fingerprint density at radius 2 is 1.57 bits per heavy atom. The average Bonchev–Trinajstić information content (AvgIpc) is 3.15. The largest absolute Gasteiger partial charge is 0.497 e. The third kappa shape index (κ3) is 4.01. The Hall–Kier alpha value is -3.73. The van der Waals surface area contributed by atoms with Gasteiger partial charge in [-0.05, 0) is 53.6 Å². The lowest BCUT2D eigenvalue weighted by Crippen LogP contribution is -2.03. The monoisotopic (exact) mass is 400 g/mol. The molecule has 152 valence electrons. The Morgan fingerprint density at radius 3 is 2.30 bits per heavy atom. The lowest BCUT2D eigenvalue weighted by Gasteiger charge is -2.11. The first-order chi connectivity index (χ1) is 14.7. The zero-order valence-corrected chi connectivity index (χ0v) is 17.3. The molecular weight excluding hydrogens is 376 g/mol. The summed E-state index contributed by atoms with van der Waals surface area (Å²) in [5.41, 5.74) is 4.24. The maximum atomic E-state index is 5.46. The first-order valence-corrected chi connectivity index (χ1v) is 9.70. The van der Waals surface area contributed by atoms with E-state index in [1.54, 1.807) is 21.3 Å². The first kappa shape index (κ1) is 19.6. The molecule has 0 radical (unpaired) electrons. The Balaban J connectivity index is 1.70. The first-order valence-electron chi connectivity index (χ1n) is 9.70. The molecule has 0 atom stereocenters. The summed E-state index contributed by atoms with van der Waals surface area (Å²) in [6, 6.07) is 22.1. The zero-order valence-electron chi connectivity index (χ0n) is 17.3. The van der Waals surface area contributed by atoms with Gasteiger partial charge >= 0.3 is 0 Å². The summed E-state index contributed by atoms with van der Waals surface area (Å²) in [5.74, 6) is 3.17. The smallest absolute Gasteiger partial charge is 0.161 e. The Labute approximate surface area is 176 Å². The maximum absolute atomic E-state index is 5.46. The van der Waals surface area contributed by atoms with Crippen molar-refractivity contribution in [2.75, 3.05) is 21.3 Å². The van der Waals surface area contributed by atoms with E-state index < -0.39 is 0 Å². The van der Waals surface area contributed by atoms with Crippen molar-refractivity contribution in [1.29, 1.82) is 0 Å². The SMILES string of the molecule is COc1ccc(C=Cc2nc3ccccc3n2Cc2ccc(OC)c(OC)c2)cc1. The minimum atomic E-state index is 0.670. The van der Waals surface area contributed by atoms with E-state index in [4.69, 9.17) is 19.2 Å². The van der Waals surface area contributed by atoms with Crippen molar-refractivity contribution >= 4 is 23.2 Å². The molecule has 4 aromatic rings. The molecule has 0 bridgehead atoms. The second-order valence-corrected chi connectivity index (χ2v) is 6.84. The number of ether oxygens (including phenoxy) is 3. The van der Waals surface area contributed by atoms with E-state index in [-0.39, 0.29) is 0 Å². The molecule has 3 aromatic carbocycles. The van der Waals surface area contributed by atoms with E-state index in [1.165, 1.54) is 0 Å². The normalized spacial score (nSPS) is 11.2. The van der Waals surface area contributed by atoms with Crippen LogP contribution < -0.4 is 14.2 Å². The fraction of sp³-hybridized carbons (Fsp3) is 0.160. The quantitative estimate of drug-likeness (QED) is 0.423. The van der Waals surface area contributed by atoms with Crippen LogP contribution in [0.3, 0.4) is 0 Å². The van der Waals surface area contributed by atoms with Crippen molar-refractivity contribution in [3.63, 3.8) is 0 Å². The molecule has 0 amide bonds. The molecule has 5 nitrogen and oxygen atoms in total. The summed E-state index contributed by atoms with van der Waals surface area (Å²) in [4.78, 5) is 4.83. The summed E-state index contributed by atoms with van der Waals surface area (Å²) >= 11 is 0. The van der Waals surface area contributed by atoms with Crippen LogP contribution >= 0.6 is 0 Å². The highest BCUT2D eigenvalue weighted by molar-refractivity contribution is 5.80. The molecule has 1 aromatic heterocycles. The van der Waals surface area contributed by atoms with Crippen LogP contribution in [-0.4, -0.2) is 30.9 Å². The highest BCUT2D eigenvalue weighted by atomic mass is 16.5. The fourth-order valence-corrected chi connectivity index (χ4v) is 3.43. The third-order valence-corrected chi connectivity index (χ3v) is 5.01. The standard InChI is InChI=1S/C25H24N2O3/c1-28-20-12-8-18(9-13-20)11-15-25-26-21-6-4-5-7-22(21)27(25)17-19-10-14-23(29-2)24(16-19)30-3/h4-16H,17H2,1-3H3. The molecule has 30 heavy (non-hydrogen) atoms. The molecule has 0 spiro atoms. The number of methoxy groups -OCH3 is 3. The van der Waals surface area contributed by atoms with Crippen molar-refractivity contribution in [3.8, 4) is 17.2 Å². The number of hydrogen-bond acceptors (Lipinski definition) is 4. The number of benzene rings is 3. The van der Waals surface area contributed by atoms with Gasteiger partial charge in [-0.3, -0.25) is 0 Å². The van der Waals surface area contributed by atoms with Gasteiger partial charge in [0.05, 0.1) is 32.4 Å². The molecule has 0 aliphatic heterocycles. The lowest BCUT2D eigenvalue weighted by molar-refractivity contribution is 0.354. The Bertz CT molecular complexity index is 1180. The Morgan fingerprint density at radius 1 is 0.800 bits per heavy atom.